The van der Waals surface area contributed by atoms with Gasteiger partial charge in [-0.05, 0) is 25.0 Å². The van der Waals surface area contributed by atoms with E-state index in [-0.39, 0.29) is 5.91 Å². The smallest absolute Gasteiger partial charge is 0.236 e. The Morgan fingerprint density at radius 2 is 2.15 bits per heavy atom. The Morgan fingerprint density at radius 3 is 2.80 bits per heavy atom. The van der Waals surface area contributed by atoms with E-state index in [4.69, 9.17) is 4.74 Å². The number of rotatable bonds is 5. The van der Waals surface area contributed by atoms with Gasteiger partial charge in [0.1, 0.15) is 0 Å². The van der Waals surface area contributed by atoms with Crippen LogP contribution in [-0.4, -0.2) is 59.6 Å². The van der Waals surface area contributed by atoms with E-state index in [1.165, 1.54) is 12.8 Å². The number of carbonyl (C=O) groups is 1. The largest absolute Gasteiger partial charge is 0.378 e. The summed E-state index contributed by atoms with van der Waals surface area (Å²) in [4.78, 5) is 20.9. The van der Waals surface area contributed by atoms with Crippen LogP contribution in [0.3, 0.4) is 0 Å². The number of hydrogen-bond acceptors (Lipinski definition) is 4. The third kappa shape index (κ3) is 3.55. The molecule has 0 N–H and O–H groups in total. The number of hydrogen-bond donors (Lipinski definition) is 0. The zero-order valence-corrected chi connectivity index (χ0v) is 11.7. The van der Waals surface area contributed by atoms with Crippen LogP contribution in [0.4, 0.5) is 0 Å². The number of morpholine rings is 1. The first-order valence-corrected chi connectivity index (χ1v) is 7.32. The summed E-state index contributed by atoms with van der Waals surface area (Å²) in [6, 6.07) is 6.50. The maximum absolute atomic E-state index is 12.3. The van der Waals surface area contributed by atoms with Crippen LogP contribution >= 0.6 is 0 Å². The summed E-state index contributed by atoms with van der Waals surface area (Å²) in [7, 11) is 0. The summed E-state index contributed by atoms with van der Waals surface area (Å²) >= 11 is 0. The van der Waals surface area contributed by atoms with Crippen molar-refractivity contribution < 1.29 is 9.53 Å². The van der Waals surface area contributed by atoms with Crippen molar-refractivity contribution in [3.8, 4) is 0 Å². The van der Waals surface area contributed by atoms with Gasteiger partial charge in [0.05, 0.1) is 25.5 Å². The highest BCUT2D eigenvalue weighted by Gasteiger charge is 2.31. The molecule has 1 aliphatic heterocycles. The second-order valence-electron chi connectivity index (χ2n) is 5.45. The normalized spacial score (nSPS) is 19.4. The number of carbonyl (C=O) groups excluding carboxylic acids is 1. The molecule has 0 spiro atoms. The Bertz CT molecular complexity index is 442. The Hall–Kier alpha value is -1.46. The summed E-state index contributed by atoms with van der Waals surface area (Å²) < 4.78 is 5.29. The van der Waals surface area contributed by atoms with Crippen molar-refractivity contribution >= 4 is 5.91 Å². The highest BCUT2D eigenvalue weighted by molar-refractivity contribution is 5.78. The maximum Gasteiger partial charge on any atom is 0.236 e. The second-order valence-corrected chi connectivity index (χ2v) is 5.45. The minimum Gasteiger partial charge on any atom is -0.378 e. The molecule has 1 saturated heterocycles. The van der Waals surface area contributed by atoms with Gasteiger partial charge in [0.2, 0.25) is 5.91 Å². The van der Waals surface area contributed by atoms with Gasteiger partial charge in [-0.15, -0.1) is 0 Å². The van der Waals surface area contributed by atoms with E-state index >= 15 is 0 Å². The lowest BCUT2D eigenvalue weighted by molar-refractivity contribution is -0.136. The summed E-state index contributed by atoms with van der Waals surface area (Å²) in [6.07, 6.45) is 4.21. The molecule has 1 aromatic rings. The molecule has 0 radical (unpaired) electrons. The predicted octanol–water partition coefficient (Wildman–Crippen LogP) is 0.905. The average molecular weight is 275 g/mol. The number of pyridine rings is 1. The molecular formula is C15H21N3O2. The van der Waals surface area contributed by atoms with E-state index in [9.17, 15) is 4.79 Å². The van der Waals surface area contributed by atoms with E-state index in [1.807, 2.05) is 29.3 Å². The van der Waals surface area contributed by atoms with Gasteiger partial charge in [-0.25, -0.2) is 0 Å². The Kier molecular flexibility index (Phi) is 4.28. The highest BCUT2D eigenvalue weighted by atomic mass is 16.5. The lowest BCUT2D eigenvalue weighted by atomic mass is 10.3. The predicted molar refractivity (Wildman–Crippen MR) is 75.1 cm³/mol. The number of nitrogens with zero attached hydrogens (tertiary/aromatic N) is 3. The van der Waals surface area contributed by atoms with E-state index in [0.29, 0.717) is 25.8 Å². The van der Waals surface area contributed by atoms with Crippen molar-refractivity contribution in [3.63, 3.8) is 0 Å². The molecule has 1 amide bonds. The lowest BCUT2D eigenvalue weighted by Crippen LogP contribution is -2.46. The molecule has 5 heteroatoms. The monoisotopic (exact) mass is 275 g/mol. The van der Waals surface area contributed by atoms with E-state index < -0.39 is 0 Å². The van der Waals surface area contributed by atoms with Gasteiger partial charge in [0, 0.05) is 31.9 Å². The summed E-state index contributed by atoms with van der Waals surface area (Å²) in [5, 5.41) is 0. The molecule has 2 heterocycles. The molecule has 0 aromatic carbocycles. The fourth-order valence-electron chi connectivity index (χ4n) is 2.54. The molecule has 5 nitrogen and oxygen atoms in total. The first-order chi connectivity index (χ1) is 9.83. The summed E-state index contributed by atoms with van der Waals surface area (Å²) in [6.45, 7) is 4.04. The van der Waals surface area contributed by atoms with Gasteiger partial charge in [-0.3, -0.25) is 14.7 Å². The van der Waals surface area contributed by atoms with Crippen LogP contribution in [0.2, 0.25) is 0 Å². The third-order valence-electron chi connectivity index (χ3n) is 3.86. The van der Waals surface area contributed by atoms with Crippen molar-refractivity contribution in [2.24, 2.45) is 0 Å². The van der Waals surface area contributed by atoms with Crippen LogP contribution in [-0.2, 0) is 16.1 Å². The molecule has 1 aliphatic carbocycles. The minimum absolute atomic E-state index is 0.219. The van der Waals surface area contributed by atoms with Crippen LogP contribution in [0.25, 0.3) is 0 Å². The minimum atomic E-state index is 0.219. The van der Waals surface area contributed by atoms with Crippen molar-refractivity contribution in [1.82, 2.24) is 14.8 Å². The molecule has 0 bridgehead atoms. The molecule has 2 fully saturated rings. The quantitative estimate of drug-likeness (QED) is 0.801. The standard InChI is InChI=1S/C15H21N3O2/c19-15(17-7-9-20-10-8-17)12-18(14-4-5-14)11-13-3-1-2-6-16-13/h1-3,6,14H,4-5,7-12H2. The van der Waals surface area contributed by atoms with Crippen LogP contribution in [0.5, 0.6) is 0 Å². The number of amides is 1. The van der Waals surface area contributed by atoms with Gasteiger partial charge in [-0.2, -0.15) is 0 Å². The Morgan fingerprint density at radius 1 is 1.35 bits per heavy atom. The first kappa shape index (κ1) is 13.5. The topological polar surface area (TPSA) is 45.7 Å². The average Bonchev–Trinajstić information content (AvgIpc) is 3.33. The Labute approximate surface area is 119 Å². The molecular weight excluding hydrogens is 254 g/mol. The van der Waals surface area contributed by atoms with Gasteiger partial charge in [0.25, 0.3) is 0 Å². The van der Waals surface area contributed by atoms with E-state index in [1.54, 1.807) is 0 Å². The van der Waals surface area contributed by atoms with Gasteiger partial charge in [-0.1, -0.05) is 6.07 Å². The third-order valence-corrected chi connectivity index (χ3v) is 3.86. The molecule has 2 aliphatic rings. The highest BCUT2D eigenvalue weighted by Crippen LogP contribution is 2.28. The van der Waals surface area contributed by atoms with Gasteiger partial charge < -0.3 is 9.64 Å². The summed E-state index contributed by atoms with van der Waals surface area (Å²) in [5.41, 5.74) is 1.04. The molecule has 108 valence electrons. The van der Waals surface area contributed by atoms with Crippen molar-refractivity contribution in [3.05, 3.63) is 30.1 Å². The van der Waals surface area contributed by atoms with E-state index in [2.05, 4.69) is 9.88 Å². The van der Waals surface area contributed by atoms with Crippen LogP contribution < -0.4 is 0 Å². The molecule has 3 rings (SSSR count). The van der Waals surface area contributed by atoms with E-state index in [0.717, 1.165) is 25.3 Å². The van der Waals surface area contributed by atoms with Crippen molar-refractivity contribution in [2.45, 2.75) is 25.4 Å². The number of aromatic nitrogens is 1. The van der Waals surface area contributed by atoms with Crippen LogP contribution in [0.15, 0.2) is 24.4 Å². The maximum atomic E-state index is 12.3. The fourth-order valence-corrected chi connectivity index (χ4v) is 2.54. The molecule has 0 unspecified atom stereocenters. The van der Waals surface area contributed by atoms with Gasteiger partial charge in [0.15, 0.2) is 0 Å². The van der Waals surface area contributed by atoms with Crippen molar-refractivity contribution in [2.75, 3.05) is 32.8 Å². The summed E-state index contributed by atoms with van der Waals surface area (Å²) in [5.74, 6) is 0.219. The molecule has 1 saturated carbocycles. The van der Waals surface area contributed by atoms with Gasteiger partial charge >= 0.3 is 0 Å². The van der Waals surface area contributed by atoms with Crippen molar-refractivity contribution in [1.29, 1.82) is 0 Å². The molecule has 1 aromatic heterocycles. The lowest BCUT2D eigenvalue weighted by Gasteiger charge is -2.30. The zero-order valence-electron chi connectivity index (χ0n) is 11.7. The fraction of sp³-hybridized carbons (Fsp3) is 0.600. The Balaban J connectivity index is 1.58. The second kappa shape index (κ2) is 6.33. The zero-order chi connectivity index (χ0) is 13.8. The molecule has 0 atom stereocenters. The number of ether oxygens (including phenoxy) is 1. The molecule has 20 heavy (non-hydrogen) atoms. The first-order valence-electron chi connectivity index (χ1n) is 7.32. The van der Waals surface area contributed by atoms with Crippen LogP contribution in [0.1, 0.15) is 18.5 Å². The SMILES string of the molecule is O=C(CN(Cc1ccccn1)C1CC1)N1CCOCC1. The van der Waals surface area contributed by atoms with Crippen LogP contribution in [0, 0.1) is 0 Å².